The van der Waals surface area contributed by atoms with Crippen molar-refractivity contribution in [3.05, 3.63) is 63.7 Å². The first kappa shape index (κ1) is 19.7. The molecule has 0 amide bonds. The minimum atomic E-state index is -0.00922. The average molecular weight is 381 g/mol. The molecule has 2 nitrogen and oxygen atoms in total. The number of benzene rings is 2. The Bertz CT molecular complexity index is 922. The van der Waals surface area contributed by atoms with Gasteiger partial charge in [-0.3, -0.25) is 4.99 Å². The quantitative estimate of drug-likeness (QED) is 0.515. The van der Waals surface area contributed by atoms with Crippen molar-refractivity contribution in [2.75, 3.05) is 11.4 Å². The Kier molecular flexibility index (Phi) is 5.48. The number of nitrogens with zero attached hydrogens (tertiary/aromatic N) is 2. The van der Waals surface area contributed by atoms with Crippen LogP contribution in [0, 0.1) is 13.8 Å². The van der Waals surface area contributed by atoms with Gasteiger partial charge in [0.05, 0.1) is 16.2 Å². The maximum absolute atomic E-state index is 6.67. The number of anilines is 1. The Morgan fingerprint density at radius 2 is 1.85 bits per heavy atom. The normalized spacial score (nSPS) is 15.8. The van der Waals surface area contributed by atoms with Gasteiger partial charge in [0.25, 0.3) is 0 Å². The molecule has 0 N–H and O–H groups in total. The van der Waals surface area contributed by atoms with Crippen molar-refractivity contribution in [2.24, 2.45) is 4.99 Å². The molecule has 0 spiro atoms. The van der Waals surface area contributed by atoms with Gasteiger partial charge in [-0.2, -0.15) is 0 Å². The molecule has 0 saturated heterocycles. The van der Waals surface area contributed by atoms with Crippen LogP contribution in [0.25, 0.3) is 5.57 Å². The van der Waals surface area contributed by atoms with Crippen LogP contribution in [0.4, 0.5) is 11.4 Å². The SMILES string of the molecule is CCCN1c2cc(Cl)c(C=Nc3cc(C)ccc3C)cc2C(C)=CC1(C)C. The zero-order chi connectivity index (χ0) is 19.8. The van der Waals surface area contributed by atoms with Crippen molar-refractivity contribution in [1.82, 2.24) is 0 Å². The molecule has 0 unspecified atom stereocenters. The van der Waals surface area contributed by atoms with Crippen LogP contribution >= 0.6 is 11.6 Å². The van der Waals surface area contributed by atoms with E-state index in [0.717, 1.165) is 34.8 Å². The zero-order valence-electron chi connectivity index (χ0n) is 17.2. The molecule has 0 radical (unpaired) electrons. The first-order chi connectivity index (χ1) is 12.7. The Balaban J connectivity index is 2.05. The topological polar surface area (TPSA) is 15.6 Å². The number of aliphatic imine (C=N–C) groups is 1. The van der Waals surface area contributed by atoms with E-state index in [1.165, 1.54) is 22.4 Å². The van der Waals surface area contributed by atoms with Gasteiger partial charge >= 0.3 is 0 Å². The van der Waals surface area contributed by atoms with Gasteiger partial charge in [-0.25, -0.2) is 0 Å². The van der Waals surface area contributed by atoms with E-state index >= 15 is 0 Å². The smallest absolute Gasteiger partial charge is 0.0661 e. The minimum absolute atomic E-state index is 0.00922. The van der Waals surface area contributed by atoms with Gasteiger partial charge in [0.15, 0.2) is 0 Å². The predicted octanol–water partition coefficient (Wildman–Crippen LogP) is 7.12. The van der Waals surface area contributed by atoms with E-state index in [2.05, 4.69) is 82.9 Å². The second kappa shape index (κ2) is 7.52. The van der Waals surface area contributed by atoms with Crippen molar-refractivity contribution in [3.63, 3.8) is 0 Å². The molecular weight excluding hydrogens is 352 g/mol. The Morgan fingerprint density at radius 3 is 2.56 bits per heavy atom. The second-order valence-electron chi connectivity index (χ2n) is 8.07. The highest BCUT2D eigenvalue weighted by Gasteiger charge is 2.31. The highest BCUT2D eigenvalue weighted by molar-refractivity contribution is 6.33. The fraction of sp³-hybridized carbons (Fsp3) is 0.375. The number of hydrogen-bond acceptors (Lipinski definition) is 2. The lowest BCUT2D eigenvalue weighted by Gasteiger charge is -2.43. The summed E-state index contributed by atoms with van der Waals surface area (Å²) in [5, 5.41) is 0.745. The molecule has 27 heavy (non-hydrogen) atoms. The molecule has 0 bridgehead atoms. The third-order valence-corrected chi connectivity index (χ3v) is 5.58. The van der Waals surface area contributed by atoms with Gasteiger partial charge in [0, 0.05) is 29.6 Å². The van der Waals surface area contributed by atoms with E-state index in [9.17, 15) is 0 Å². The Hall–Kier alpha value is -2.06. The molecule has 1 heterocycles. The molecule has 142 valence electrons. The summed E-state index contributed by atoms with van der Waals surface area (Å²) in [6.45, 7) is 14.1. The third-order valence-electron chi connectivity index (χ3n) is 5.25. The summed E-state index contributed by atoms with van der Waals surface area (Å²) in [6.07, 6.45) is 5.34. The minimum Gasteiger partial charge on any atom is -0.362 e. The van der Waals surface area contributed by atoms with Crippen LogP contribution in [-0.2, 0) is 0 Å². The molecule has 3 heteroatoms. The highest BCUT2D eigenvalue weighted by Crippen LogP contribution is 2.41. The maximum atomic E-state index is 6.67. The molecule has 0 fully saturated rings. The van der Waals surface area contributed by atoms with Crippen LogP contribution in [-0.4, -0.2) is 18.3 Å². The van der Waals surface area contributed by atoms with E-state index in [1.807, 2.05) is 6.21 Å². The predicted molar refractivity (Wildman–Crippen MR) is 120 cm³/mol. The third kappa shape index (κ3) is 3.96. The van der Waals surface area contributed by atoms with E-state index in [0.29, 0.717) is 0 Å². The van der Waals surface area contributed by atoms with E-state index < -0.39 is 0 Å². The Morgan fingerprint density at radius 1 is 1.11 bits per heavy atom. The van der Waals surface area contributed by atoms with Gasteiger partial charge in [-0.15, -0.1) is 0 Å². The van der Waals surface area contributed by atoms with Crippen molar-refractivity contribution in [3.8, 4) is 0 Å². The monoisotopic (exact) mass is 380 g/mol. The summed E-state index contributed by atoms with van der Waals surface area (Å²) in [4.78, 5) is 7.16. The van der Waals surface area contributed by atoms with Crippen molar-refractivity contribution >= 4 is 34.8 Å². The van der Waals surface area contributed by atoms with E-state index in [-0.39, 0.29) is 5.54 Å². The van der Waals surface area contributed by atoms with Gasteiger partial charge < -0.3 is 4.90 Å². The molecule has 1 aliphatic heterocycles. The molecule has 2 aromatic rings. The van der Waals surface area contributed by atoms with Crippen LogP contribution in [0.15, 0.2) is 41.4 Å². The van der Waals surface area contributed by atoms with Crippen molar-refractivity contribution in [1.29, 1.82) is 0 Å². The van der Waals surface area contributed by atoms with Crippen LogP contribution in [0.2, 0.25) is 5.02 Å². The summed E-state index contributed by atoms with van der Waals surface area (Å²) in [5.74, 6) is 0. The average Bonchev–Trinajstić information content (AvgIpc) is 2.59. The van der Waals surface area contributed by atoms with Gasteiger partial charge in [-0.05, 0) is 75.9 Å². The number of halogens is 1. The molecule has 0 aliphatic carbocycles. The number of fused-ring (bicyclic) bond motifs is 1. The summed E-state index contributed by atoms with van der Waals surface area (Å²) in [7, 11) is 0. The van der Waals surface area contributed by atoms with E-state index in [4.69, 9.17) is 16.6 Å². The lowest BCUT2D eigenvalue weighted by Crippen LogP contribution is -2.45. The lowest BCUT2D eigenvalue weighted by molar-refractivity contribution is 0.550. The van der Waals surface area contributed by atoms with Crippen LogP contribution < -0.4 is 4.90 Å². The molecular formula is C24H29ClN2. The number of rotatable bonds is 4. The van der Waals surface area contributed by atoms with Crippen LogP contribution in [0.3, 0.4) is 0 Å². The second-order valence-corrected chi connectivity index (χ2v) is 8.48. The largest absolute Gasteiger partial charge is 0.362 e. The molecule has 3 rings (SSSR count). The van der Waals surface area contributed by atoms with E-state index in [1.54, 1.807) is 0 Å². The molecule has 0 atom stereocenters. The summed E-state index contributed by atoms with van der Waals surface area (Å²) >= 11 is 6.67. The van der Waals surface area contributed by atoms with Gasteiger partial charge in [0.2, 0.25) is 0 Å². The van der Waals surface area contributed by atoms with Gasteiger partial charge in [0.1, 0.15) is 0 Å². The fourth-order valence-corrected chi connectivity index (χ4v) is 4.05. The molecule has 2 aromatic carbocycles. The first-order valence-electron chi connectivity index (χ1n) is 9.65. The summed E-state index contributed by atoms with van der Waals surface area (Å²) in [6, 6.07) is 10.6. The number of hydrogen-bond donors (Lipinski definition) is 0. The first-order valence-corrected chi connectivity index (χ1v) is 10.0. The maximum Gasteiger partial charge on any atom is 0.0661 e. The lowest BCUT2D eigenvalue weighted by atomic mass is 9.88. The summed E-state index contributed by atoms with van der Waals surface area (Å²) in [5.41, 5.74) is 8.07. The Labute approximate surface area is 168 Å². The standard InChI is InChI=1S/C24H29ClN2/c1-7-10-27-23-13-21(25)19(12-20(23)18(4)14-24(27,5)6)15-26-22-11-16(2)8-9-17(22)3/h8-9,11-15H,7,10H2,1-6H3. The van der Waals surface area contributed by atoms with Crippen molar-refractivity contribution < 1.29 is 0 Å². The van der Waals surface area contributed by atoms with Gasteiger partial charge in [-0.1, -0.05) is 36.7 Å². The molecule has 0 saturated carbocycles. The van der Waals surface area contributed by atoms with Crippen molar-refractivity contribution in [2.45, 2.75) is 53.5 Å². The number of allylic oxidation sites excluding steroid dienone is 1. The highest BCUT2D eigenvalue weighted by atomic mass is 35.5. The zero-order valence-corrected chi connectivity index (χ0v) is 18.0. The van der Waals surface area contributed by atoms with Crippen LogP contribution in [0.1, 0.15) is 56.4 Å². The molecule has 1 aliphatic rings. The molecule has 0 aromatic heterocycles. The number of aryl methyl sites for hydroxylation is 2. The summed E-state index contributed by atoms with van der Waals surface area (Å²) < 4.78 is 0. The van der Waals surface area contributed by atoms with Crippen LogP contribution in [0.5, 0.6) is 0 Å². The fourth-order valence-electron chi connectivity index (χ4n) is 3.84.